The maximum Gasteiger partial charge on any atom is 0.153 e. The summed E-state index contributed by atoms with van der Waals surface area (Å²) in [5, 5.41) is 0. The van der Waals surface area contributed by atoms with Gasteiger partial charge in [-0.3, -0.25) is 4.79 Å². The molecule has 0 aliphatic carbocycles. The van der Waals surface area contributed by atoms with Crippen LogP contribution in [0.2, 0.25) is 0 Å². The molecule has 0 fully saturated rings. The van der Waals surface area contributed by atoms with Crippen molar-refractivity contribution in [1.29, 1.82) is 0 Å². The fourth-order valence-electron chi connectivity index (χ4n) is 2.26. The second-order valence-corrected chi connectivity index (χ2v) is 4.51. The molecule has 0 saturated heterocycles. The molecule has 0 spiro atoms. The third-order valence-corrected chi connectivity index (χ3v) is 3.08. The van der Waals surface area contributed by atoms with Crippen LogP contribution in [0.4, 0.5) is 4.39 Å². The zero-order valence-corrected chi connectivity index (χ0v) is 11.2. The van der Waals surface area contributed by atoms with Crippen LogP contribution in [-0.2, 0) is 0 Å². The van der Waals surface area contributed by atoms with E-state index >= 15 is 0 Å². The van der Waals surface area contributed by atoms with Gasteiger partial charge in [-0.05, 0) is 48.7 Å². The summed E-state index contributed by atoms with van der Waals surface area (Å²) in [6.07, 6.45) is 0.712. The number of methoxy groups -OCH3 is 1. The van der Waals surface area contributed by atoms with Crippen molar-refractivity contribution in [3.8, 4) is 16.9 Å². The van der Waals surface area contributed by atoms with Gasteiger partial charge >= 0.3 is 0 Å². The molecule has 0 bridgehead atoms. The SMILES string of the molecule is COc1ccc(-c2c(C)cc(C)cc2F)cc1C=O. The van der Waals surface area contributed by atoms with Gasteiger partial charge < -0.3 is 4.74 Å². The molecular formula is C16H15FO2. The van der Waals surface area contributed by atoms with E-state index in [1.165, 1.54) is 13.2 Å². The summed E-state index contributed by atoms with van der Waals surface area (Å²) >= 11 is 0. The van der Waals surface area contributed by atoms with Crippen LogP contribution in [0.15, 0.2) is 30.3 Å². The molecule has 2 aromatic rings. The Bertz CT molecular complexity index is 610. The molecule has 3 heteroatoms. The minimum Gasteiger partial charge on any atom is -0.496 e. The van der Waals surface area contributed by atoms with Gasteiger partial charge in [0.05, 0.1) is 12.7 Å². The van der Waals surface area contributed by atoms with Crippen molar-refractivity contribution in [1.82, 2.24) is 0 Å². The van der Waals surface area contributed by atoms with Gasteiger partial charge in [-0.15, -0.1) is 0 Å². The normalized spacial score (nSPS) is 10.3. The van der Waals surface area contributed by atoms with Crippen molar-refractivity contribution in [3.63, 3.8) is 0 Å². The van der Waals surface area contributed by atoms with E-state index in [1.807, 2.05) is 19.9 Å². The first-order valence-corrected chi connectivity index (χ1v) is 5.97. The minimum atomic E-state index is -0.278. The van der Waals surface area contributed by atoms with Crippen LogP contribution in [0.5, 0.6) is 5.75 Å². The van der Waals surface area contributed by atoms with Crippen LogP contribution in [0.1, 0.15) is 21.5 Å². The Morgan fingerprint density at radius 3 is 2.47 bits per heavy atom. The van der Waals surface area contributed by atoms with Crippen LogP contribution in [-0.4, -0.2) is 13.4 Å². The molecule has 0 unspecified atom stereocenters. The highest BCUT2D eigenvalue weighted by Crippen LogP contribution is 2.30. The number of aldehydes is 1. The maximum absolute atomic E-state index is 14.1. The lowest BCUT2D eigenvalue weighted by atomic mass is 9.96. The first kappa shape index (κ1) is 13.3. The Balaban J connectivity index is 2.63. The number of halogens is 1. The standard InChI is InChI=1S/C16H15FO2/c1-10-6-11(2)16(14(17)7-10)12-4-5-15(19-3)13(8-12)9-18/h4-9H,1-3H3. The van der Waals surface area contributed by atoms with Crippen molar-refractivity contribution < 1.29 is 13.9 Å². The van der Waals surface area contributed by atoms with E-state index < -0.39 is 0 Å². The third-order valence-electron chi connectivity index (χ3n) is 3.08. The van der Waals surface area contributed by atoms with E-state index in [-0.39, 0.29) is 5.82 Å². The highest BCUT2D eigenvalue weighted by atomic mass is 19.1. The number of aryl methyl sites for hydroxylation is 2. The Kier molecular flexibility index (Phi) is 3.65. The fourth-order valence-corrected chi connectivity index (χ4v) is 2.26. The summed E-state index contributed by atoms with van der Waals surface area (Å²) in [4.78, 5) is 11.0. The van der Waals surface area contributed by atoms with E-state index in [2.05, 4.69) is 0 Å². The molecule has 0 atom stereocenters. The predicted octanol–water partition coefficient (Wildman–Crippen LogP) is 3.93. The first-order chi connectivity index (χ1) is 9.06. The first-order valence-electron chi connectivity index (χ1n) is 5.97. The van der Waals surface area contributed by atoms with Gasteiger partial charge in [0.15, 0.2) is 6.29 Å². The van der Waals surface area contributed by atoms with Crippen LogP contribution >= 0.6 is 0 Å². The van der Waals surface area contributed by atoms with Crippen molar-refractivity contribution in [2.45, 2.75) is 13.8 Å². The molecule has 2 nitrogen and oxygen atoms in total. The fraction of sp³-hybridized carbons (Fsp3) is 0.188. The molecule has 0 N–H and O–H groups in total. The number of carbonyl (C=O) groups is 1. The lowest BCUT2D eigenvalue weighted by molar-refractivity contribution is 0.112. The van der Waals surface area contributed by atoms with Crippen LogP contribution in [0.3, 0.4) is 0 Å². The lowest BCUT2D eigenvalue weighted by Crippen LogP contribution is -1.94. The smallest absolute Gasteiger partial charge is 0.153 e. The maximum atomic E-state index is 14.1. The zero-order valence-electron chi connectivity index (χ0n) is 11.2. The average Bonchev–Trinajstić information content (AvgIpc) is 2.37. The number of carbonyl (C=O) groups excluding carboxylic acids is 1. The van der Waals surface area contributed by atoms with Gasteiger partial charge in [0.1, 0.15) is 11.6 Å². The van der Waals surface area contributed by atoms with Crippen molar-refractivity contribution in [2.75, 3.05) is 7.11 Å². The molecule has 0 aliphatic heterocycles. The second-order valence-electron chi connectivity index (χ2n) is 4.51. The summed E-state index contributed by atoms with van der Waals surface area (Å²) in [7, 11) is 1.50. The van der Waals surface area contributed by atoms with Gasteiger partial charge in [0, 0.05) is 5.56 Å². The number of hydrogen-bond acceptors (Lipinski definition) is 2. The molecule has 0 heterocycles. The topological polar surface area (TPSA) is 26.3 Å². The van der Waals surface area contributed by atoms with Crippen LogP contribution < -0.4 is 4.74 Å². The molecule has 0 saturated carbocycles. The molecule has 98 valence electrons. The van der Waals surface area contributed by atoms with E-state index in [0.29, 0.717) is 28.7 Å². The highest BCUT2D eigenvalue weighted by Gasteiger charge is 2.12. The molecular weight excluding hydrogens is 243 g/mol. The van der Waals surface area contributed by atoms with E-state index in [4.69, 9.17) is 4.74 Å². The average molecular weight is 258 g/mol. The van der Waals surface area contributed by atoms with E-state index in [0.717, 1.165) is 11.1 Å². The highest BCUT2D eigenvalue weighted by molar-refractivity contribution is 5.83. The number of benzene rings is 2. The van der Waals surface area contributed by atoms with Crippen molar-refractivity contribution in [2.24, 2.45) is 0 Å². The molecule has 2 rings (SSSR count). The molecule has 2 aromatic carbocycles. The third kappa shape index (κ3) is 2.50. The van der Waals surface area contributed by atoms with Gasteiger partial charge in [-0.2, -0.15) is 0 Å². The molecule has 0 aliphatic rings. The largest absolute Gasteiger partial charge is 0.496 e. The zero-order chi connectivity index (χ0) is 14.0. The Morgan fingerprint density at radius 1 is 1.16 bits per heavy atom. The van der Waals surface area contributed by atoms with Crippen LogP contribution in [0, 0.1) is 19.7 Å². The summed E-state index contributed by atoms with van der Waals surface area (Å²) < 4.78 is 19.2. The number of ether oxygens (including phenoxy) is 1. The summed E-state index contributed by atoms with van der Waals surface area (Å²) in [5.41, 5.74) is 3.34. The Hall–Kier alpha value is -2.16. The Labute approximate surface area is 111 Å². The molecule has 0 amide bonds. The quantitative estimate of drug-likeness (QED) is 0.780. The van der Waals surface area contributed by atoms with Gasteiger partial charge in [0.25, 0.3) is 0 Å². The van der Waals surface area contributed by atoms with Crippen molar-refractivity contribution in [3.05, 3.63) is 52.8 Å². The predicted molar refractivity (Wildman–Crippen MR) is 73.2 cm³/mol. The van der Waals surface area contributed by atoms with Gasteiger partial charge in [0.2, 0.25) is 0 Å². The molecule has 19 heavy (non-hydrogen) atoms. The summed E-state index contributed by atoms with van der Waals surface area (Å²) in [6, 6.07) is 8.49. The summed E-state index contributed by atoms with van der Waals surface area (Å²) in [6.45, 7) is 3.71. The molecule has 0 aromatic heterocycles. The second kappa shape index (κ2) is 5.22. The van der Waals surface area contributed by atoms with Gasteiger partial charge in [-0.1, -0.05) is 12.1 Å². The van der Waals surface area contributed by atoms with E-state index in [9.17, 15) is 9.18 Å². The van der Waals surface area contributed by atoms with E-state index in [1.54, 1.807) is 18.2 Å². The molecule has 0 radical (unpaired) electrons. The van der Waals surface area contributed by atoms with Gasteiger partial charge in [-0.25, -0.2) is 4.39 Å². The summed E-state index contributed by atoms with van der Waals surface area (Å²) in [5.74, 6) is 0.212. The monoisotopic (exact) mass is 258 g/mol. The lowest BCUT2D eigenvalue weighted by Gasteiger charge is -2.11. The number of rotatable bonds is 3. The van der Waals surface area contributed by atoms with Crippen LogP contribution in [0.25, 0.3) is 11.1 Å². The van der Waals surface area contributed by atoms with Crippen molar-refractivity contribution >= 4 is 6.29 Å². The Morgan fingerprint density at radius 2 is 1.89 bits per heavy atom. The number of hydrogen-bond donors (Lipinski definition) is 0. The minimum absolute atomic E-state index is 0.278.